The molecular formula is C29H25N5O2S2. The number of aryl methyl sites for hydroxylation is 2. The Morgan fingerprint density at radius 1 is 1.03 bits per heavy atom. The van der Waals surface area contributed by atoms with Gasteiger partial charge >= 0.3 is 0 Å². The maximum atomic E-state index is 6.29. The Kier molecular flexibility index (Phi) is 7.19. The molecule has 1 aliphatic rings. The Labute approximate surface area is 229 Å². The lowest BCUT2D eigenvalue weighted by Gasteiger charge is -2.18. The third-order valence-corrected chi connectivity index (χ3v) is 7.94. The highest BCUT2D eigenvalue weighted by Gasteiger charge is 2.20. The largest absolute Gasteiger partial charge is 0.453 e. The van der Waals surface area contributed by atoms with Crippen molar-refractivity contribution in [1.82, 2.24) is 20.4 Å². The topological polar surface area (TPSA) is 85.1 Å². The summed E-state index contributed by atoms with van der Waals surface area (Å²) < 4.78 is 11.6. The van der Waals surface area contributed by atoms with Gasteiger partial charge in [-0.3, -0.25) is 0 Å². The van der Waals surface area contributed by atoms with E-state index in [1.807, 2.05) is 61.7 Å². The van der Waals surface area contributed by atoms with Crippen LogP contribution in [-0.4, -0.2) is 20.6 Å². The van der Waals surface area contributed by atoms with E-state index in [9.17, 15) is 0 Å². The SMILES string of the molecule is Cc1noc2nccc(Sc3cnc(NC4NC(CCc5ccccc5)=CS4)c(Oc4ccccc4)c3)c12. The molecule has 4 heterocycles. The van der Waals surface area contributed by atoms with E-state index in [0.717, 1.165) is 39.5 Å². The summed E-state index contributed by atoms with van der Waals surface area (Å²) in [6.07, 6.45) is 5.52. The Hall–Kier alpha value is -3.95. The molecule has 0 radical (unpaired) electrons. The molecule has 6 rings (SSSR count). The van der Waals surface area contributed by atoms with E-state index in [1.54, 1.807) is 29.7 Å². The third kappa shape index (κ3) is 5.64. The fourth-order valence-electron chi connectivity index (χ4n) is 4.12. The zero-order valence-electron chi connectivity index (χ0n) is 20.6. The highest BCUT2D eigenvalue weighted by Crippen LogP contribution is 2.39. The molecule has 2 N–H and O–H groups in total. The molecular weight excluding hydrogens is 514 g/mol. The van der Waals surface area contributed by atoms with Gasteiger partial charge in [0.15, 0.2) is 17.1 Å². The van der Waals surface area contributed by atoms with Gasteiger partial charge in [-0.25, -0.2) is 9.97 Å². The van der Waals surface area contributed by atoms with E-state index >= 15 is 0 Å². The average Bonchev–Trinajstić information content (AvgIpc) is 3.57. The van der Waals surface area contributed by atoms with Crippen LogP contribution in [0.1, 0.15) is 17.7 Å². The number of para-hydroxylation sites is 1. The molecule has 2 aromatic carbocycles. The van der Waals surface area contributed by atoms with E-state index in [2.05, 4.69) is 50.4 Å². The average molecular weight is 540 g/mol. The minimum absolute atomic E-state index is 0.0376. The monoisotopic (exact) mass is 539 g/mol. The minimum atomic E-state index is -0.0376. The Balaban J connectivity index is 1.19. The first-order valence-corrected chi connectivity index (χ1v) is 14.0. The van der Waals surface area contributed by atoms with Crippen LogP contribution >= 0.6 is 23.5 Å². The predicted octanol–water partition coefficient (Wildman–Crippen LogP) is 7.38. The van der Waals surface area contributed by atoms with Crippen LogP contribution in [0.3, 0.4) is 0 Å². The van der Waals surface area contributed by atoms with Crippen molar-refractivity contribution in [3.05, 3.63) is 108 Å². The molecule has 0 bridgehead atoms. The molecule has 1 unspecified atom stereocenters. The first kappa shape index (κ1) is 24.4. The number of ether oxygens (including phenoxy) is 1. The molecule has 3 aromatic heterocycles. The van der Waals surface area contributed by atoms with E-state index < -0.39 is 0 Å². The number of aromatic nitrogens is 3. The fraction of sp³-hybridized carbons (Fsp3) is 0.138. The zero-order valence-corrected chi connectivity index (χ0v) is 22.3. The third-order valence-electron chi connectivity index (χ3n) is 5.99. The van der Waals surface area contributed by atoms with Crippen LogP contribution in [0.2, 0.25) is 0 Å². The van der Waals surface area contributed by atoms with Gasteiger partial charge in [-0.2, -0.15) is 0 Å². The number of anilines is 1. The van der Waals surface area contributed by atoms with Gasteiger partial charge in [0, 0.05) is 33.9 Å². The van der Waals surface area contributed by atoms with Gasteiger partial charge in [-0.1, -0.05) is 77.2 Å². The summed E-state index contributed by atoms with van der Waals surface area (Å²) in [5.41, 5.74) is 3.84. The molecule has 9 heteroatoms. The van der Waals surface area contributed by atoms with Gasteiger partial charge in [0.05, 0.1) is 11.1 Å². The van der Waals surface area contributed by atoms with Gasteiger partial charge in [0.25, 0.3) is 5.71 Å². The number of pyridine rings is 2. The van der Waals surface area contributed by atoms with Gasteiger partial charge in [-0.15, -0.1) is 0 Å². The molecule has 1 aliphatic heterocycles. The van der Waals surface area contributed by atoms with Crippen LogP contribution < -0.4 is 15.4 Å². The summed E-state index contributed by atoms with van der Waals surface area (Å²) in [4.78, 5) is 11.0. The van der Waals surface area contributed by atoms with Gasteiger partial charge in [0.1, 0.15) is 5.75 Å². The predicted molar refractivity (Wildman–Crippen MR) is 152 cm³/mol. The highest BCUT2D eigenvalue weighted by atomic mass is 32.2. The zero-order chi connectivity index (χ0) is 25.7. The van der Waals surface area contributed by atoms with Crippen LogP contribution in [0.15, 0.2) is 111 Å². The van der Waals surface area contributed by atoms with Gasteiger partial charge in [-0.05, 0) is 48.9 Å². The maximum absolute atomic E-state index is 6.29. The second kappa shape index (κ2) is 11.2. The van der Waals surface area contributed by atoms with Crippen LogP contribution in [0.4, 0.5) is 5.82 Å². The Morgan fingerprint density at radius 3 is 2.68 bits per heavy atom. The Morgan fingerprint density at radius 2 is 1.84 bits per heavy atom. The lowest BCUT2D eigenvalue weighted by molar-refractivity contribution is 0.443. The van der Waals surface area contributed by atoms with Gasteiger partial charge in [0.2, 0.25) is 0 Å². The summed E-state index contributed by atoms with van der Waals surface area (Å²) in [7, 11) is 0. The smallest absolute Gasteiger partial charge is 0.259 e. The first-order chi connectivity index (χ1) is 18.7. The molecule has 0 spiro atoms. The van der Waals surface area contributed by atoms with Crippen LogP contribution in [0.25, 0.3) is 11.1 Å². The number of nitrogens with one attached hydrogen (secondary N) is 2. The van der Waals surface area contributed by atoms with Crippen molar-refractivity contribution in [2.24, 2.45) is 0 Å². The van der Waals surface area contributed by atoms with Crippen LogP contribution in [-0.2, 0) is 6.42 Å². The fourth-order valence-corrected chi connectivity index (χ4v) is 5.99. The molecule has 0 saturated heterocycles. The molecule has 5 aromatic rings. The van der Waals surface area contributed by atoms with Crippen molar-refractivity contribution in [2.75, 3.05) is 5.32 Å². The van der Waals surface area contributed by atoms with Crippen LogP contribution in [0, 0.1) is 6.92 Å². The molecule has 0 saturated carbocycles. The molecule has 38 heavy (non-hydrogen) atoms. The van der Waals surface area contributed by atoms with E-state index in [1.165, 1.54) is 11.3 Å². The second-order valence-corrected chi connectivity index (χ2v) is 10.8. The summed E-state index contributed by atoms with van der Waals surface area (Å²) in [6.45, 7) is 1.92. The molecule has 0 aliphatic carbocycles. The lowest BCUT2D eigenvalue weighted by atomic mass is 10.1. The summed E-state index contributed by atoms with van der Waals surface area (Å²) in [5, 5.41) is 14.2. The molecule has 190 valence electrons. The maximum Gasteiger partial charge on any atom is 0.259 e. The van der Waals surface area contributed by atoms with Crippen molar-refractivity contribution in [1.29, 1.82) is 0 Å². The van der Waals surface area contributed by atoms with E-state index in [0.29, 0.717) is 17.3 Å². The number of fused-ring (bicyclic) bond motifs is 1. The number of allylic oxidation sites excluding steroid dienone is 1. The number of nitrogens with zero attached hydrogens (tertiary/aromatic N) is 3. The Bertz CT molecular complexity index is 1570. The highest BCUT2D eigenvalue weighted by molar-refractivity contribution is 8.03. The number of hydrogen-bond donors (Lipinski definition) is 2. The van der Waals surface area contributed by atoms with Gasteiger partial charge < -0.3 is 19.9 Å². The molecule has 0 fully saturated rings. The quantitative estimate of drug-likeness (QED) is 0.199. The van der Waals surface area contributed by atoms with Crippen LogP contribution in [0.5, 0.6) is 11.5 Å². The van der Waals surface area contributed by atoms with E-state index in [4.69, 9.17) is 14.2 Å². The van der Waals surface area contributed by atoms with Crippen molar-refractivity contribution in [2.45, 2.75) is 35.1 Å². The van der Waals surface area contributed by atoms with Crippen molar-refractivity contribution >= 4 is 40.4 Å². The number of hydrogen-bond acceptors (Lipinski definition) is 9. The minimum Gasteiger partial charge on any atom is -0.453 e. The number of thioether (sulfide) groups is 1. The summed E-state index contributed by atoms with van der Waals surface area (Å²) >= 11 is 3.27. The summed E-state index contributed by atoms with van der Waals surface area (Å²) in [6, 6.07) is 24.2. The molecule has 0 amide bonds. The van der Waals surface area contributed by atoms with Crippen molar-refractivity contribution in [3.8, 4) is 11.5 Å². The second-order valence-electron chi connectivity index (χ2n) is 8.73. The van der Waals surface area contributed by atoms with Crippen molar-refractivity contribution in [3.63, 3.8) is 0 Å². The lowest BCUT2D eigenvalue weighted by Crippen LogP contribution is -2.29. The van der Waals surface area contributed by atoms with Crippen molar-refractivity contribution < 1.29 is 9.26 Å². The summed E-state index contributed by atoms with van der Waals surface area (Å²) in [5.74, 6) is 2.06. The first-order valence-electron chi connectivity index (χ1n) is 12.2. The number of rotatable bonds is 9. The standard InChI is InChI=1S/C29H25N5O2S2/c1-19-26-25(14-15-30-28(26)36-34-19)38-23-16-24(35-22-10-6-3-7-11-22)27(31-17-23)33-29-32-21(18-37-29)13-12-20-8-4-2-5-9-20/h2-11,14-18,29,32H,12-13H2,1H3,(H,31,33). The molecule has 1 atom stereocenters. The van der Waals surface area contributed by atoms with E-state index in [-0.39, 0.29) is 5.50 Å². The molecule has 7 nitrogen and oxygen atoms in total. The number of benzene rings is 2. The normalized spacial score (nSPS) is 14.8.